The van der Waals surface area contributed by atoms with Crippen molar-refractivity contribution < 1.29 is 0 Å². The highest BCUT2D eigenvalue weighted by Crippen LogP contribution is 2.27. The summed E-state index contributed by atoms with van der Waals surface area (Å²) < 4.78 is 1.13. The molecule has 1 nitrogen and oxygen atoms in total. The first kappa shape index (κ1) is 13.1. The Bertz CT molecular complexity index is 312. The molecule has 0 saturated heterocycles. The zero-order valence-electron chi connectivity index (χ0n) is 9.29. The lowest BCUT2D eigenvalue weighted by Crippen LogP contribution is -1.99. The fourth-order valence-corrected chi connectivity index (χ4v) is 3.10. The number of benzene rings is 1. The van der Waals surface area contributed by atoms with E-state index in [-0.39, 0.29) is 0 Å². The summed E-state index contributed by atoms with van der Waals surface area (Å²) in [6.07, 6.45) is 1.25. The van der Waals surface area contributed by atoms with Gasteiger partial charge in [0.25, 0.3) is 0 Å². The first-order valence-corrected chi connectivity index (χ1v) is 7.02. The SMILES string of the molecule is CC(C)CCSc1cc(Br)ccc1CN. The maximum atomic E-state index is 5.70. The van der Waals surface area contributed by atoms with Crippen molar-refractivity contribution in [2.45, 2.75) is 31.7 Å². The molecule has 1 aromatic rings. The second-order valence-corrected chi connectivity index (χ2v) is 6.04. The van der Waals surface area contributed by atoms with Gasteiger partial charge in [-0.1, -0.05) is 35.8 Å². The summed E-state index contributed by atoms with van der Waals surface area (Å²) in [5.74, 6) is 1.94. The summed E-state index contributed by atoms with van der Waals surface area (Å²) in [7, 11) is 0. The van der Waals surface area contributed by atoms with Gasteiger partial charge in [-0.2, -0.15) is 0 Å². The van der Waals surface area contributed by atoms with E-state index in [0.717, 1.165) is 10.4 Å². The molecule has 0 radical (unpaired) electrons. The van der Waals surface area contributed by atoms with Crippen molar-refractivity contribution in [3.05, 3.63) is 28.2 Å². The molecule has 84 valence electrons. The molecule has 0 fully saturated rings. The van der Waals surface area contributed by atoms with E-state index in [2.05, 4.69) is 48.0 Å². The first-order valence-electron chi connectivity index (χ1n) is 5.24. The van der Waals surface area contributed by atoms with Crippen LogP contribution >= 0.6 is 27.7 Å². The minimum Gasteiger partial charge on any atom is -0.326 e. The first-order chi connectivity index (χ1) is 7.13. The maximum Gasteiger partial charge on any atom is 0.0189 e. The van der Waals surface area contributed by atoms with E-state index in [9.17, 15) is 0 Å². The minimum absolute atomic E-state index is 0.622. The van der Waals surface area contributed by atoms with Crippen molar-refractivity contribution in [3.63, 3.8) is 0 Å². The predicted molar refractivity (Wildman–Crippen MR) is 72.2 cm³/mol. The number of hydrogen-bond acceptors (Lipinski definition) is 2. The number of rotatable bonds is 5. The molecule has 0 aromatic heterocycles. The highest BCUT2D eigenvalue weighted by atomic mass is 79.9. The lowest BCUT2D eigenvalue weighted by atomic mass is 10.2. The fourth-order valence-electron chi connectivity index (χ4n) is 1.24. The van der Waals surface area contributed by atoms with Crippen LogP contribution < -0.4 is 5.73 Å². The average molecular weight is 288 g/mol. The molecule has 0 atom stereocenters. The van der Waals surface area contributed by atoms with Crippen molar-refractivity contribution in [1.29, 1.82) is 0 Å². The topological polar surface area (TPSA) is 26.0 Å². The normalized spacial score (nSPS) is 11.0. The third kappa shape index (κ3) is 4.58. The average Bonchev–Trinajstić information content (AvgIpc) is 2.17. The van der Waals surface area contributed by atoms with E-state index >= 15 is 0 Å². The Labute approximate surface area is 105 Å². The molecule has 0 spiro atoms. The Morgan fingerprint density at radius 2 is 2.13 bits per heavy atom. The molecule has 1 rings (SSSR count). The van der Waals surface area contributed by atoms with Crippen LogP contribution in [0, 0.1) is 5.92 Å². The third-order valence-electron chi connectivity index (χ3n) is 2.20. The molecule has 15 heavy (non-hydrogen) atoms. The Morgan fingerprint density at radius 3 is 2.73 bits per heavy atom. The van der Waals surface area contributed by atoms with E-state index in [1.165, 1.54) is 22.6 Å². The smallest absolute Gasteiger partial charge is 0.0189 e. The van der Waals surface area contributed by atoms with E-state index in [1.54, 1.807) is 0 Å². The Kier molecular flexibility index (Phi) is 5.72. The molecule has 3 heteroatoms. The Hall–Kier alpha value is 0.01000. The Morgan fingerprint density at radius 1 is 1.40 bits per heavy atom. The highest BCUT2D eigenvalue weighted by Gasteiger charge is 2.03. The summed E-state index contributed by atoms with van der Waals surface area (Å²) in [5.41, 5.74) is 6.95. The van der Waals surface area contributed by atoms with Crippen LogP contribution in [0.4, 0.5) is 0 Å². The number of nitrogens with two attached hydrogens (primary N) is 1. The summed E-state index contributed by atoms with van der Waals surface area (Å²) >= 11 is 5.40. The van der Waals surface area contributed by atoms with Crippen LogP contribution in [-0.4, -0.2) is 5.75 Å². The predicted octanol–water partition coefficient (Wildman–Crippen LogP) is 4.05. The van der Waals surface area contributed by atoms with Gasteiger partial charge in [-0.05, 0) is 35.8 Å². The summed E-state index contributed by atoms with van der Waals surface area (Å²) in [5, 5.41) is 0. The van der Waals surface area contributed by atoms with Crippen LogP contribution in [0.3, 0.4) is 0 Å². The second-order valence-electron chi connectivity index (χ2n) is 3.99. The highest BCUT2D eigenvalue weighted by molar-refractivity contribution is 9.10. The van der Waals surface area contributed by atoms with Crippen LogP contribution in [0.5, 0.6) is 0 Å². The molecule has 0 amide bonds. The van der Waals surface area contributed by atoms with Crippen molar-refractivity contribution >= 4 is 27.7 Å². The van der Waals surface area contributed by atoms with Gasteiger partial charge in [-0.15, -0.1) is 11.8 Å². The van der Waals surface area contributed by atoms with E-state index in [0.29, 0.717) is 6.54 Å². The lowest BCUT2D eigenvalue weighted by Gasteiger charge is -2.09. The largest absolute Gasteiger partial charge is 0.326 e. The van der Waals surface area contributed by atoms with Crippen LogP contribution in [0.2, 0.25) is 0 Å². The molecule has 0 aliphatic rings. The number of halogens is 1. The van der Waals surface area contributed by atoms with Crippen LogP contribution in [-0.2, 0) is 6.54 Å². The van der Waals surface area contributed by atoms with Crippen LogP contribution in [0.25, 0.3) is 0 Å². The number of thioether (sulfide) groups is 1. The van der Waals surface area contributed by atoms with Crippen LogP contribution in [0.1, 0.15) is 25.8 Å². The van der Waals surface area contributed by atoms with Crippen LogP contribution in [0.15, 0.2) is 27.6 Å². The third-order valence-corrected chi connectivity index (χ3v) is 3.83. The monoisotopic (exact) mass is 287 g/mol. The summed E-state index contributed by atoms with van der Waals surface area (Å²) in [4.78, 5) is 1.31. The fraction of sp³-hybridized carbons (Fsp3) is 0.500. The van der Waals surface area contributed by atoms with Gasteiger partial charge in [0.05, 0.1) is 0 Å². The molecule has 1 aromatic carbocycles. The standard InChI is InChI=1S/C12H18BrNS/c1-9(2)5-6-15-12-7-11(13)4-3-10(12)8-14/h3-4,7,9H,5-6,8,14H2,1-2H3. The van der Waals surface area contributed by atoms with Crippen molar-refractivity contribution in [2.24, 2.45) is 11.7 Å². The van der Waals surface area contributed by atoms with Crippen molar-refractivity contribution in [3.8, 4) is 0 Å². The molecule has 0 aliphatic carbocycles. The van der Waals surface area contributed by atoms with Gasteiger partial charge in [0.15, 0.2) is 0 Å². The van der Waals surface area contributed by atoms with Gasteiger partial charge in [-0.3, -0.25) is 0 Å². The zero-order chi connectivity index (χ0) is 11.3. The molecule has 0 aliphatic heterocycles. The van der Waals surface area contributed by atoms with Gasteiger partial charge in [-0.25, -0.2) is 0 Å². The van der Waals surface area contributed by atoms with E-state index in [1.807, 2.05) is 11.8 Å². The van der Waals surface area contributed by atoms with Gasteiger partial charge < -0.3 is 5.73 Å². The van der Waals surface area contributed by atoms with Crippen molar-refractivity contribution in [2.75, 3.05) is 5.75 Å². The molecule has 0 unspecified atom stereocenters. The second kappa shape index (κ2) is 6.56. The van der Waals surface area contributed by atoms with Gasteiger partial charge in [0.1, 0.15) is 0 Å². The Balaban J connectivity index is 2.62. The molecule has 0 saturated carbocycles. The van der Waals surface area contributed by atoms with Gasteiger partial charge in [0, 0.05) is 15.9 Å². The summed E-state index contributed by atoms with van der Waals surface area (Å²) in [6, 6.07) is 6.31. The molecule has 0 bridgehead atoms. The lowest BCUT2D eigenvalue weighted by molar-refractivity contribution is 0.632. The van der Waals surface area contributed by atoms with E-state index in [4.69, 9.17) is 5.73 Å². The molecule has 0 heterocycles. The number of hydrogen-bond donors (Lipinski definition) is 1. The zero-order valence-corrected chi connectivity index (χ0v) is 11.7. The molecular weight excluding hydrogens is 270 g/mol. The van der Waals surface area contributed by atoms with Gasteiger partial charge >= 0.3 is 0 Å². The van der Waals surface area contributed by atoms with Gasteiger partial charge in [0.2, 0.25) is 0 Å². The minimum atomic E-state index is 0.622. The maximum absolute atomic E-state index is 5.70. The van der Waals surface area contributed by atoms with E-state index < -0.39 is 0 Å². The summed E-state index contributed by atoms with van der Waals surface area (Å²) in [6.45, 7) is 5.13. The quantitative estimate of drug-likeness (QED) is 0.827. The molecule has 2 N–H and O–H groups in total. The van der Waals surface area contributed by atoms with Crippen molar-refractivity contribution in [1.82, 2.24) is 0 Å². The molecular formula is C12H18BrNS.